The van der Waals surface area contributed by atoms with Crippen molar-refractivity contribution in [3.05, 3.63) is 24.3 Å². The van der Waals surface area contributed by atoms with Gasteiger partial charge in [0.25, 0.3) is 0 Å². The Morgan fingerprint density at radius 1 is 0.478 bits per heavy atom. The molecule has 0 amide bonds. The lowest BCUT2D eigenvalue weighted by molar-refractivity contribution is -0.147. The molecular weight excluding hydrogens is 568 g/mol. The summed E-state index contributed by atoms with van der Waals surface area (Å²) in [5.41, 5.74) is 0. The fraction of sp³-hybridized carbons (Fsp3) is 0.857. The minimum absolute atomic E-state index is 0.0644. The van der Waals surface area contributed by atoms with Crippen molar-refractivity contribution in [2.75, 3.05) is 0 Å². The van der Waals surface area contributed by atoms with Gasteiger partial charge in [0.15, 0.2) is 0 Å². The van der Waals surface area contributed by atoms with Crippen molar-refractivity contribution in [3.63, 3.8) is 0 Å². The van der Waals surface area contributed by atoms with Crippen molar-refractivity contribution >= 4 is 11.9 Å². The van der Waals surface area contributed by atoms with Gasteiger partial charge >= 0.3 is 11.9 Å². The molecule has 0 saturated carbocycles. The second kappa shape index (κ2) is 37.9. The quantitative estimate of drug-likeness (QED) is 0.0414. The molecular formula is C42H78O4. The Kier molecular flexibility index (Phi) is 36.6. The Bertz CT molecular complexity index is 698. The number of carbonyl (C=O) groups is 2. The monoisotopic (exact) mass is 647 g/mol. The van der Waals surface area contributed by atoms with E-state index in [0.29, 0.717) is 6.42 Å². The van der Waals surface area contributed by atoms with Crippen molar-refractivity contribution in [1.82, 2.24) is 0 Å². The van der Waals surface area contributed by atoms with Crippen molar-refractivity contribution in [1.29, 1.82) is 0 Å². The third-order valence-corrected chi connectivity index (χ3v) is 9.13. The van der Waals surface area contributed by atoms with Crippen LogP contribution in [0, 0.1) is 0 Å². The molecule has 0 spiro atoms. The van der Waals surface area contributed by atoms with Crippen molar-refractivity contribution in [2.24, 2.45) is 0 Å². The molecule has 0 heterocycles. The molecule has 4 nitrogen and oxygen atoms in total. The molecule has 0 bridgehead atoms. The van der Waals surface area contributed by atoms with Crippen LogP contribution in [0.15, 0.2) is 24.3 Å². The van der Waals surface area contributed by atoms with Gasteiger partial charge in [0.2, 0.25) is 0 Å². The van der Waals surface area contributed by atoms with Crippen LogP contribution in [0.2, 0.25) is 0 Å². The maximum atomic E-state index is 12.5. The number of ether oxygens (including phenoxy) is 1. The first kappa shape index (κ1) is 44.4. The normalized spacial score (nSPS) is 12.4. The second-order valence-corrected chi connectivity index (χ2v) is 13.8. The van der Waals surface area contributed by atoms with E-state index in [1.165, 1.54) is 148 Å². The zero-order chi connectivity index (χ0) is 33.6. The standard InChI is InChI=1S/C42H78O4/c1-3-5-7-9-11-12-13-14-15-16-17-18-19-20-21-22-23-24-25-26-27-29-35-39-42(45)46-40(36-32-28-10-8-6-4-2)37-33-30-31-34-38-41(43)44/h16-17,32,36,40H,3-15,18-31,33-35,37-39H2,1-2H3,(H,43,44)/b17-16-,36-32-. The summed E-state index contributed by atoms with van der Waals surface area (Å²) in [7, 11) is 0. The lowest BCUT2D eigenvalue weighted by Crippen LogP contribution is -2.16. The van der Waals surface area contributed by atoms with E-state index in [4.69, 9.17) is 9.84 Å². The van der Waals surface area contributed by atoms with E-state index in [1.807, 2.05) is 0 Å². The van der Waals surface area contributed by atoms with Crippen LogP contribution < -0.4 is 0 Å². The van der Waals surface area contributed by atoms with E-state index in [-0.39, 0.29) is 18.5 Å². The zero-order valence-electron chi connectivity index (χ0n) is 30.9. The molecule has 1 N–H and O–H groups in total. The summed E-state index contributed by atoms with van der Waals surface area (Å²) in [5, 5.41) is 8.80. The summed E-state index contributed by atoms with van der Waals surface area (Å²) in [6.45, 7) is 4.51. The minimum atomic E-state index is -0.721. The van der Waals surface area contributed by atoms with Crippen molar-refractivity contribution in [3.8, 4) is 0 Å². The number of unbranched alkanes of at least 4 members (excludes halogenated alkanes) is 26. The Balaban J connectivity index is 3.72. The highest BCUT2D eigenvalue weighted by molar-refractivity contribution is 5.69. The molecule has 46 heavy (non-hydrogen) atoms. The highest BCUT2D eigenvalue weighted by atomic mass is 16.5. The molecule has 0 aliphatic carbocycles. The zero-order valence-corrected chi connectivity index (χ0v) is 30.9. The smallest absolute Gasteiger partial charge is 0.306 e. The molecule has 1 atom stereocenters. The average molecular weight is 647 g/mol. The highest BCUT2D eigenvalue weighted by Gasteiger charge is 2.11. The molecule has 0 saturated heterocycles. The Labute approximate surface area is 287 Å². The Hall–Kier alpha value is -1.58. The molecule has 0 aromatic heterocycles. The largest absolute Gasteiger partial charge is 0.481 e. The van der Waals surface area contributed by atoms with E-state index < -0.39 is 5.97 Å². The van der Waals surface area contributed by atoms with E-state index >= 15 is 0 Å². The summed E-state index contributed by atoms with van der Waals surface area (Å²) >= 11 is 0. The third kappa shape index (κ3) is 36.9. The van der Waals surface area contributed by atoms with Gasteiger partial charge in [0, 0.05) is 12.8 Å². The van der Waals surface area contributed by atoms with E-state index in [2.05, 4.69) is 38.2 Å². The maximum Gasteiger partial charge on any atom is 0.306 e. The van der Waals surface area contributed by atoms with Crippen LogP contribution >= 0.6 is 0 Å². The first-order valence-corrected chi connectivity index (χ1v) is 20.3. The van der Waals surface area contributed by atoms with E-state index in [0.717, 1.165) is 51.4 Å². The predicted molar refractivity (Wildman–Crippen MR) is 200 cm³/mol. The van der Waals surface area contributed by atoms with Gasteiger partial charge in [-0.2, -0.15) is 0 Å². The van der Waals surface area contributed by atoms with Gasteiger partial charge in [-0.3, -0.25) is 9.59 Å². The fourth-order valence-corrected chi connectivity index (χ4v) is 6.09. The van der Waals surface area contributed by atoms with Crippen LogP contribution in [0.3, 0.4) is 0 Å². The van der Waals surface area contributed by atoms with E-state index in [1.54, 1.807) is 0 Å². The van der Waals surface area contributed by atoms with Gasteiger partial charge in [-0.05, 0) is 70.3 Å². The maximum absolute atomic E-state index is 12.5. The summed E-state index contributed by atoms with van der Waals surface area (Å²) in [5.74, 6) is -0.785. The number of hydrogen-bond acceptors (Lipinski definition) is 3. The summed E-state index contributed by atoms with van der Waals surface area (Å²) in [6, 6.07) is 0. The number of carboxylic acid groups (broad SMARTS) is 1. The van der Waals surface area contributed by atoms with Crippen LogP contribution in [-0.2, 0) is 14.3 Å². The molecule has 270 valence electrons. The van der Waals surface area contributed by atoms with Crippen LogP contribution in [0.25, 0.3) is 0 Å². The molecule has 0 fully saturated rings. The lowest BCUT2D eigenvalue weighted by atomic mass is 10.0. The average Bonchev–Trinajstić information content (AvgIpc) is 3.04. The first-order chi connectivity index (χ1) is 22.6. The molecule has 4 heteroatoms. The number of hydrogen-bond donors (Lipinski definition) is 1. The molecule has 0 radical (unpaired) electrons. The number of rotatable bonds is 37. The summed E-state index contributed by atoms with van der Waals surface area (Å²) in [6.07, 6.45) is 48.1. The number of esters is 1. The van der Waals surface area contributed by atoms with Gasteiger partial charge in [-0.25, -0.2) is 0 Å². The van der Waals surface area contributed by atoms with Gasteiger partial charge in [0.1, 0.15) is 6.10 Å². The van der Waals surface area contributed by atoms with Crippen LogP contribution in [-0.4, -0.2) is 23.1 Å². The minimum Gasteiger partial charge on any atom is -0.481 e. The van der Waals surface area contributed by atoms with Gasteiger partial charge in [0.05, 0.1) is 0 Å². The molecule has 1 unspecified atom stereocenters. The fourth-order valence-electron chi connectivity index (χ4n) is 6.09. The topological polar surface area (TPSA) is 63.6 Å². The Morgan fingerprint density at radius 2 is 0.848 bits per heavy atom. The van der Waals surface area contributed by atoms with Gasteiger partial charge in [-0.15, -0.1) is 0 Å². The number of aliphatic carboxylic acids is 1. The lowest BCUT2D eigenvalue weighted by Gasteiger charge is -2.15. The number of carboxylic acids is 1. The van der Waals surface area contributed by atoms with E-state index in [9.17, 15) is 9.59 Å². The highest BCUT2D eigenvalue weighted by Crippen LogP contribution is 2.16. The SMILES string of the molecule is CCCCCC/C=C\C(CCCCCCC(=O)O)OC(=O)CCCCCCCCCCCCC/C=C\CCCCCCCCCC. The molecule has 0 aromatic carbocycles. The number of carbonyl (C=O) groups excluding carboxylic acids is 1. The molecule has 0 aliphatic heterocycles. The third-order valence-electron chi connectivity index (χ3n) is 9.13. The van der Waals surface area contributed by atoms with Crippen LogP contribution in [0.5, 0.6) is 0 Å². The molecule has 0 rings (SSSR count). The molecule has 0 aromatic rings. The van der Waals surface area contributed by atoms with Crippen LogP contribution in [0.1, 0.15) is 226 Å². The summed E-state index contributed by atoms with van der Waals surface area (Å²) < 4.78 is 5.85. The first-order valence-electron chi connectivity index (χ1n) is 20.3. The van der Waals surface area contributed by atoms with Gasteiger partial charge in [-0.1, -0.05) is 167 Å². The van der Waals surface area contributed by atoms with Crippen LogP contribution in [0.4, 0.5) is 0 Å². The second-order valence-electron chi connectivity index (χ2n) is 13.8. The molecule has 0 aliphatic rings. The van der Waals surface area contributed by atoms with Crippen molar-refractivity contribution in [2.45, 2.75) is 232 Å². The van der Waals surface area contributed by atoms with Gasteiger partial charge < -0.3 is 9.84 Å². The number of allylic oxidation sites excluding steroid dienone is 3. The Morgan fingerprint density at radius 3 is 1.33 bits per heavy atom. The summed E-state index contributed by atoms with van der Waals surface area (Å²) in [4.78, 5) is 23.2. The predicted octanol–water partition coefficient (Wildman–Crippen LogP) is 14.0. The van der Waals surface area contributed by atoms with Crippen molar-refractivity contribution < 1.29 is 19.4 Å².